The van der Waals surface area contributed by atoms with Gasteiger partial charge in [-0.3, -0.25) is 0 Å². The van der Waals surface area contributed by atoms with Gasteiger partial charge in [-0.2, -0.15) is 0 Å². The third-order valence-electron chi connectivity index (χ3n) is 4.67. The van der Waals surface area contributed by atoms with Crippen molar-refractivity contribution in [2.45, 2.75) is 63.1 Å². The number of aliphatic hydroxyl groups is 2. The van der Waals surface area contributed by atoms with Gasteiger partial charge in [0.2, 0.25) is 0 Å². The zero-order valence-electron chi connectivity index (χ0n) is 11.5. The molecular formula is C14H28N2O2. The third-order valence-corrected chi connectivity index (χ3v) is 4.67. The first-order valence-electron chi connectivity index (χ1n) is 7.41. The van der Waals surface area contributed by atoms with Crippen LogP contribution in [-0.2, 0) is 0 Å². The first-order chi connectivity index (χ1) is 8.68. The van der Waals surface area contributed by atoms with E-state index in [2.05, 4.69) is 10.6 Å². The highest BCUT2D eigenvalue weighted by atomic mass is 16.3. The zero-order valence-corrected chi connectivity index (χ0v) is 11.5. The predicted molar refractivity (Wildman–Crippen MR) is 72.5 cm³/mol. The molecule has 0 amide bonds. The van der Waals surface area contributed by atoms with Crippen LogP contribution < -0.4 is 10.6 Å². The molecule has 4 N–H and O–H groups in total. The topological polar surface area (TPSA) is 64.5 Å². The molecule has 2 fully saturated rings. The minimum absolute atomic E-state index is 0.00911. The van der Waals surface area contributed by atoms with Crippen LogP contribution in [0.25, 0.3) is 0 Å². The number of rotatable bonds is 5. The molecule has 0 bridgehead atoms. The van der Waals surface area contributed by atoms with Crippen molar-refractivity contribution in [2.75, 3.05) is 19.8 Å². The minimum Gasteiger partial charge on any atom is -0.394 e. The second-order valence-corrected chi connectivity index (χ2v) is 6.28. The number of hydrogen-bond acceptors (Lipinski definition) is 4. The summed E-state index contributed by atoms with van der Waals surface area (Å²) in [6.07, 6.45) is 7.56. The summed E-state index contributed by atoms with van der Waals surface area (Å²) in [4.78, 5) is 0. The Morgan fingerprint density at radius 3 is 2.44 bits per heavy atom. The maximum Gasteiger partial charge on any atom is 0.0633 e. The Morgan fingerprint density at radius 2 is 1.83 bits per heavy atom. The lowest BCUT2D eigenvalue weighted by molar-refractivity contribution is 0.0716. The summed E-state index contributed by atoms with van der Waals surface area (Å²) in [6, 6.07) is 1.06. The molecule has 4 nitrogen and oxygen atoms in total. The molecule has 0 aromatic heterocycles. The van der Waals surface area contributed by atoms with Crippen LogP contribution in [0.1, 0.15) is 45.4 Å². The van der Waals surface area contributed by atoms with E-state index in [0.29, 0.717) is 18.0 Å². The minimum atomic E-state index is -0.543. The van der Waals surface area contributed by atoms with Crippen LogP contribution >= 0.6 is 0 Å². The molecule has 1 heterocycles. The molecule has 18 heavy (non-hydrogen) atoms. The Morgan fingerprint density at radius 1 is 1.11 bits per heavy atom. The fourth-order valence-corrected chi connectivity index (χ4v) is 3.49. The maximum absolute atomic E-state index is 9.43. The van der Waals surface area contributed by atoms with Gasteiger partial charge in [0.25, 0.3) is 0 Å². The summed E-state index contributed by atoms with van der Waals surface area (Å²) < 4.78 is 0. The molecule has 1 saturated carbocycles. The quantitative estimate of drug-likeness (QED) is 0.582. The molecular weight excluding hydrogens is 228 g/mol. The lowest BCUT2D eigenvalue weighted by atomic mass is 9.78. The van der Waals surface area contributed by atoms with Crippen molar-refractivity contribution < 1.29 is 10.2 Å². The standard InChI is InChI=1S/C14H28N2O2/c1-14(9-17,10-18)16-13-6-3-2-5-11(13)12-7-4-8-15-12/h11-13,15-18H,2-10H2,1H3. The van der Waals surface area contributed by atoms with E-state index in [1.807, 2.05) is 6.92 Å². The first-order valence-corrected chi connectivity index (χ1v) is 7.41. The van der Waals surface area contributed by atoms with E-state index in [4.69, 9.17) is 0 Å². The van der Waals surface area contributed by atoms with Crippen LogP contribution in [0, 0.1) is 5.92 Å². The van der Waals surface area contributed by atoms with Gasteiger partial charge in [0.15, 0.2) is 0 Å². The van der Waals surface area contributed by atoms with Gasteiger partial charge in [-0.05, 0) is 45.1 Å². The van der Waals surface area contributed by atoms with Gasteiger partial charge >= 0.3 is 0 Å². The molecule has 4 heteroatoms. The van der Waals surface area contributed by atoms with Crippen molar-refractivity contribution in [1.29, 1.82) is 0 Å². The van der Waals surface area contributed by atoms with Crippen LogP contribution in [0.2, 0.25) is 0 Å². The lowest BCUT2D eigenvalue weighted by Gasteiger charge is -2.41. The Kier molecular flexibility index (Phi) is 5.01. The Balaban J connectivity index is 1.98. The zero-order chi connectivity index (χ0) is 13.0. The summed E-state index contributed by atoms with van der Waals surface area (Å²) in [5.41, 5.74) is -0.543. The van der Waals surface area contributed by atoms with Gasteiger partial charge in [0, 0.05) is 12.1 Å². The van der Waals surface area contributed by atoms with Crippen LogP contribution in [0.3, 0.4) is 0 Å². The van der Waals surface area contributed by atoms with E-state index in [1.54, 1.807) is 0 Å². The van der Waals surface area contributed by atoms with E-state index in [0.717, 1.165) is 6.54 Å². The van der Waals surface area contributed by atoms with Crippen LogP contribution in [-0.4, -0.2) is 47.6 Å². The maximum atomic E-state index is 9.43. The highest BCUT2D eigenvalue weighted by Crippen LogP contribution is 2.31. The smallest absolute Gasteiger partial charge is 0.0633 e. The summed E-state index contributed by atoms with van der Waals surface area (Å²) in [6.45, 7) is 3.03. The SMILES string of the molecule is CC(CO)(CO)NC1CCCCC1C1CCCN1. The third kappa shape index (κ3) is 3.23. The molecule has 3 unspecified atom stereocenters. The largest absolute Gasteiger partial charge is 0.394 e. The summed E-state index contributed by atoms with van der Waals surface area (Å²) in [7, 11) is 0. The normalized spacial score (nSPS) is 33.8. The van der Waals surface area contributed by atoms with Gasteiger partial charge in [-0.1, -0.05) is 12.8 Å². The molecule has 0 radical (unpaired) electrons. The molecule has 1 aliphatic heterocycles. The molecule has 0 spiro atoms. The van der Waals surface area contributed by atoms with Crippen LogP contribution in [0.5, 0.6) is 0 Å². The summed E-state index contributed by atoms with van der Waals surface area (Å²) in [5.74, 6) is 0.652. The van der Waals surface area contributed by atoms with Crippen molar-refractivity contribution in [2.24, 2.45) is 5.92 Å². The van der Waals surface area contributed by atoms with Crippen molar-refractivity contribution in [3.05, 3.63) is 0 Å². The van der Waals surface area contributed by atoms with E-state index in [9.17, 15) is 10.2 Å². The van der Waals surface area contributed by atoms with Gasteiger partial charge in [-0.15, -0.1) is 0 Å². The molecule has 106 valence electrons. The van der Waals surface area contributed by atoms with Crippen molar-refractivity contribution >= 4 is 0 Å². The summed E-state index contributed by atoms with van der Waals surface area (Å²) in [5, 5.41) is 26.0. The molecule has 0 aromatic carbocycles. The average molecular weight is 256 g/mol. The van der Waals surface area contributed by atoms with Gasteiger partial charge in [0.1, 0.15) is 0 Å². The lowest BCUT2D eigenvalue weighted by Crippen LogP contribution is -2.58. The second kappa shape index (κ2) is 6.33. The van der Waals surface area contributed by atoms with Gasteiger partial charge in [0.05, 0.1) is 18.8 Å². The van der Waals surface area contributed by atoms with Crippen molar-refractivity contribution in [1.82, 2.24) is 10.6 Å². The monoisotopic (exact) mass is 256 g/mol. The molecule has 1 aliphatic carbocycles. The fourth-order valence-electron chi connectivity index (χ4n) is 3.49. The Hall–Kier alpha value is -0.160. The predicted octanol–water partition coefficient (Wildman–Crippen LogP) is 0.630. The highest BCUT2D eigenvalue weighted by Gasteiger charge is 2.36. The number of aliphatic hydroxyl groups excluding tert-OH is 2. The number of nitrogens with one attached hydrogen (secondary N) is 2. The average Bonchev–Trinajstić information content (AvgIpc) is 2.93. The van der Waals surface area contributed by atoms with E-state index >= 15 is 0 Å². The Labute approximate surface area is 110 Å². The number of hydrogen-bond donors (Lipinski definition) is 4. The van der Waals surface area contributed by atoms with E-state index in [1.165, 1.54) is 38.5 Å². The summed E-state index contributed by atoms with van der Waals surface area (Å²) >= 11 is 0. The van der Waals surface area contributed by atoms with E-state index in [-0.39, 0.29) is 13.2 Å². The van der Waals surface area contributed by atoms with Gasteiger partial charge in [-0.25, -0.2) is 0 Å². The van der Waals surface area contributed by atoms with Crippen LogP contribution in [0.4, 0.5) is 0 Å². The molecule has 0 aromatic rings. The van der Waals surface area contributed by atoms with Gasteiger partial charge < -0.3 is 20.8 Å². The molecule has 2 aliphatic rings. The fraction of sp³-hybridized carbons (Fsp3) is 1.00. The molecule has 1 saturated heterocycles. The first kappa shape index (κ1) is 14.3. The van der Waals surface area contributed by atoms with Crippen LogP contribution in [0.15, 0.2) is 0 Å². The molecule has 3 atom stereocenters. The van der Waals surface area contributed by atoms with Crippen molar-refractivity contribution in [3.8, 4) is 0 Å². The second-order valence-electron chi connectivity index (χ2n) is 6.28. The van der Waals surface area contributed by atoms with E-state index < -0.39 is 5.54 Å². The van der Waals surface area contributed by atoms with Crippen molar-refractivity contribution in [3.63, 3.8) is 0 Å². The molecule has 2 rings (SSSR count). The highest BCUT2D eigenvalue weighted by molar-refractivity contribution is 4.95. The Bertz CT molecular complexity index is 250.